The number of nitrogens with one attached hydrogen (secondary N) is 2. The van der Waals surface area contributed by atoms with Gasteiger partial charge in [-0.15, -0.1) is 0 Å². The van der Waals surface area contributed by atoms with Crippen molar-refractivity contribution in [1.29, 1.82) is 0 Å². The molecule has 1 saturated heterocycles. The second kappa shape index (κ2) is 9.45. The summed E-state index contributed by atoms with van der Waals surface area (Å²) in [4.78, 5) is 9.77. The Hall–Kier alpha value is -2.03. The van der Waals surface area contributed by atoms with E-state index in [9.17, 15) is 13.2 Å². The summed E-state index contributed by atoms with van der Waals surface area (Å²) in [5.74, 6) is 1.27. The van der Waals surface area contributed by atoms with Crippen molar-refractivity contribution in [2.24, 2.45) is 4.99 Å². The van der Waals surface area contributed by atoms with Crippen LogP contribution < -0.4 is 15.4 Å². The highest BCUT2D eigenvalue weighted by atomic mass is 19.4. The minimum atomic E-state index is -4.16. The number of aromatic nitrogens is 1. The molecule has 1 aliphatic heterocycles. The van der Waals surface area contributed by atoms with Crippen molar-refractivity contribution >= 4 is 5.96 Å². The summed E-state index contributed by atoms with van der Waals surface area (Å²) in [5.41, 5.74) is 0. The number of likely N-dealkylation sites (tertiary alicyclic amines) is 1. The number of halogens is 3. The Morgan fingerprint density at radius 2 is 2.32 bits per heavy atom. The predicted octanol–water partition coefficient (Wildman–Crippen LogP) is 1.65. The predicted molar refractivity (Wildman–Crippen MR) is 89.7 cm³/mol. The second-order valence-electron chi connectivity index (χ2n) is 5.78. The Morgan fingerprint density at radius 3 is 3.00 bits per heavy atom. The van der Waals surface area contributed by atoms with Crippen LogP contribution in [0, 0.1) is 0 Å². The Morgan fingerprint density at radius 1 is 1.48 bits per heavy atom. The topological polar surface area (TPSA) is 61.8 Å². The Bertz CT molecular complexity index is 538. The molecule has 0 spiro atoms. The van der Waals surface area contributed by atoms with Crippen molar-refractivity contribution in [2.45, 2.75) is 25.6 Å². The SMILES string of the molecule is CCNC(=NCCOc1cccnc1)NC1CCN(CC(F)(F)F)C1. The summed E-state index contributed by atoms with van der Waals surface area (Å²) in [6, 6.07) is 3.56. The van der Waals surface area contributed by atoms with Crippen LogP contribution in [-0.2, 0) is 0 Å². The van der Waals surface area contributed by atoms with Gasteiger partial charge in [0.05, 0.1) is 19.3 Å². The zero-order chi connectivity index (χ0) is 18.1. The number of aliphatic imine (C=N–C) groups is 1. The molecule has 1 aromatic heterocycles. The van der Waals surface area contributed by atoms with E-state index in [1.807, 2.05) is 13.0 Å². The number of guanidine groups is 1. The van der Waals surface area contributed by atoms with Crippen LogP contribution in [0.2, 0.25) is 0 Å². The Balaban J connectivity index is 1.76. The summed E-state index contributed by atoms with van der Waals surface area (Å²) in [5, 5.41) is 6.29. The highest BCUT2D eigenvalue weighted by Gasteiger charge is 2.34. The second-order valence-corrected chi connectivity index (χ2v) is 5.78. The van der Waals surface area contributed by atoms with Gasteiger partial charge in [0.2, 0.25) is 0 Å². The molecular weight excluding hydrogens is 335 g/mol. The fourth-order valence-corrected chi connectivity index (χ4v) is 2.61. The van der Waals surface area contributed by atoms with Crippen LogP contribution in [0.25, 0.3) is 0 Å². The molecule has 140 valence electrons. The van der Waals surface area contributed by atoms with E-state index in [0.29, 0.717) is 50.9 Å². The highest BCUT2D eigenvalue weighted by molar-refractivity contribution is 5.80. The van der Waals surface area contributed by atoms with E-state index in [4.69, 9.17) is 4.74 Å². The third kappa shape index (κ3) is 7.59. The Kier molecular flexibility index (Phi) is 7.30. The first-order valence-corrected chi connectivity index (χ1v) is 8.33. The molecule has 1 fully saturated rings. The fraction of sp³-hybridized carbons (Fsp3) is 0.625. The van der Waals surface area contributed by atoms with Gasteiger partial charge in [-0.25, -0.2) is 4.99 Å². The number of ether oxygens (including phenoxy) is 1. The van der Waals surface area contributed by atoms with Gasteiger partial charge in [-0.1, -0.05) is 0 Å². The zero-order valence-electron chi connectivity index (χ0n) is 14.2. The van der Waals surface area contributed by atoms with Crippen molar-refractivity contribution in [3.63, 3.8) is 0 Å². The lowest BCUT2D eigenvalue weighted by molar-refractivity contribution is -0.143. The van der Waals surface area contributed by atoms with E-state index >= 15 is 0 Å². The fourth-order valence-electron chi connectivity index (χ4n) is 2.61. The van der Waals surface area contributed by atoms with Crippen LogP contribution in [0.5, 0.6) is 5.75 Å². The first kappa shape index (κ1) is 19.3. The molecule has 2 rings (SSSR count). The molecular formula is C16H24F3N5O. The van der Waals surface area contributed by atoms with Crippen LogP contribution in [-0.4, -0.2) is 67.4 Å². The van der Waals surface area contributed by atoms with Gasteiger partial charge >= 0.3 is 6.18 Å². The number of hydrogen-bond donors (Lipinski definition) is 2. The van der Waals surface area contributed by atoms with E-state index < -0.39 is 12.7 Å². The Labute approximate surface area is 145 Å². The van der Waals surface area contributed by atoms with Crippen LogP contribution in [0.15, 0.2) is 29.5 Å². The minimum Gasteiger partial charge on any atom is -0.490 e. The number of hydrogen-bond acceptors (Lipinski definition) is 4. The third-order valence-corrected chi connectivity index (χ3v) is 3.62. The summed E-state index contributed by atoms with van der Waals surface area (Å²) in [7, 11) is 0. The summed E-state index contributed by atoms with van der Waals surface area (Å²) in [6.07, 6.45) is -0.202. The maximum atomic E-state index is 12.4. The number of nitrogens with zero attached hydrogens (tertiary/aromatic N) is 3. The molecule has 0 aromatic carbocycles. The maximum Gasteiger partial charge on any atom is 0.401 e. The van der Waals surface area contributed by atoms with Crippen molar-refractivity contribution in [3.05, 3.63) is 24.5 Å². The molecule has 1 aliphatic rings. The lowest BCUT2D eigenvalue weighted by atomic mass is 10.3. The van der Waals surface area contributed by atoms with E-state index in [1.165, 1.54) is 4.90 Å². The van der Waals surface area contributed by atoms with Gasteiger partial charge in [0.15, 0.2) is 5.96 Å². The van der Waals surface area contributed by atoms with E-state index in [0.717, 1.165) is 0 Å². The quantitative estimate of drug-likeness (QED) is 0.440. The average molecular weight is 359 g/mol. The zero-order valence-corrected chi connectivity index (χ0v) is 14.2. The van der Waals surface area contributed by atoms with Crippen molar-refractivity contribution in [3.8, 4) is 5.75 Å². The van der Waals surface area contributed by atoms with Crippen molar-refractivity contribution in [1.82, 2.24) is 20.5 Å². The van der Waals surface area contributed by atoms with Gasteiger partial charge in [-0.05, 0) is 25.5 Å². The van der Waals surface area contributed by atoms with Crippen LogP contribution in [0.1, 0.15) is 13.3 Å². The minimum absolute atomic E-state index is 0.0422. The molecule has 25 heavy (non-hydrogen) atoms. The smallest absolute Gasteiger partial charge is 0.401 e. The molecule has 2 N–H and O–H groups in total. The average Bonchev–Trinajstić information content (AvgIpc) is 2.97. The maximum absolute atomic E-state index is 12.4. The van der Waals surface area contributed by atoms with Crippen molar-refractivity contribution in [2.75, 3.05) is 39.3 Å². The first-order chi connectivity index (χ1) is 12.0. The first-order valence-electron chi connectivity index (χ1n) is 8.33. The van der Waals surface area contributed by atoms with Crippen LogP contribution >= 0.6 is 0 Å². The molecule has 0 bridgehead atoms. The summed E-state index contributed by atoms with van der Waals surface area (Å²) in [6.45, 7) is 3.37. The monoisotopic (exact) mass is 359 g/mol. The molecule has 6 nitrogen and oxygen atoms in total. The summed E-state index contributed by atoms with van der Waals surface area (Å²) < 4.78 is 42.9. The molecule has 9 heteroatoms. The molecule has 0 saturated carbocycles. The highest BCUT2D eigenvalue weighted by Crippen LogP contribution is 2.19. The van der Waals surface area contributed by atoms with Gasteiger partial charge < -0.3 is 15.4 Å². The largest absolute Gasteiger partial charge is 0.490 e. The van der Waals surface area contributed by atoms with E-state index in [-0.39, 0.29) is 6.04 Å². The molecule has 0 radical (unpaired) electrons. The molecule has 0 aliphatic carbocycles. The lowest BCUT2D eigenvalue weighted by Gasteiger charge is -2.19. The number of pyridine rings is 1. The third-order valence-electron chi connectivity index (χ3n) is 3.62. The number of rotatable bonds is 7. The van der Waals surface area contributed by atoms with Gasteiger partial charge in [-0.3, -0.25) is 9.88 Å². The molecule has 0 amide bonds. The molecule has 1 aromatic rings. The van der Waals surface area contributed by atoms with E-state index in [1.54, 1.807) is 18.5 Å². The number of alkyl halides is 3. The van der Waals surface area contributed by atoms with Gasteiger partial charge in [0.25, 0.3) is 0 Å². The van der Waals surface area contributed by atoms with Gasteiger partial charge in [0, 0.05) is 31.9 Å². The standard InChI is InChI=1S/C16H24F3N5O/c1-2-21-15(22-7-9-25-14-4-3-6-20-10-14)23-13-5-8-24(11-13)12-16(17,18)19/h3-4,6,10,13H,2,5,7-9,11-12H2,1H3,(H2,21,22,23). The van der Waals surface area contributed by atoms with E-state index in [2.05, 4.69) is 20.6 Å². The van der Waals surface area contributed by atoms with Crippen LogP contribution in [0.4, 0.5) is 13.2 Å². The normalized spacial score (nSPS) is 19.0. The molecule has 2 heterocycles. The molecule has 1 unspecified atom stereocenters. The molecule has 1 atom stereocenters. The van der Waals surface area contributed by atoms with Gasteiger partial charge in [-0.2, -0.15) is 13.2 Å². The van der Waals surface area contributed by atoms with Crippen molar-refractivity contribution < 1.29 is 17.9 Å². The lowest BCUT2D eigenvalue weighted by Crippen LogP contribution is -2.45. The van der Waals surface area contributed by atoms with Crippen LogP contribution in [0.3, 0.4) is 0 Å². The van der Waals surface area contributed by atoms with Gasteiger partial charge in [0.1, 0.15) is 12.4 Å². The summed E-state index contributed by atoms with van der Waals surface area (Å²) >= 11 is 0.